The molecule has 1 aliphatic carbocycles. The highest BCUT2D eigenvalue weighted by molar-refractivity contribution is 8.00. The normalized spacial score (nSPS) is 19.3. The molecule has 0 aromatic heterocycles. The van der Waals surface area contributed by atoms with Crippen LogP contribution in [0.25, 0.3) is 0 Å². The third kappa shape index (κ3) is 3.61. The second-order valence-electron chi connectivity index (χ2n) is 5.30. The van der Waals surface area contributed by atoms with Gasteiger partial charge in [0, 0.05) is 22.5 Å². The molecule has 1 aromatic rings. The second kappa shape index (κ2) is 6.58. The molecule has 1 aromatic carbocycles. The molecule has 0 aliphatic heterocycles. The molecule has 1 saturated carbocycles. The van der Waals surface area contributed by atoms with E-state index in [1.165, 1.54) is 4.90 Å². The number of hydrogen-bond donors (Lipinski definition) is 1. The summed E-state index contributed by atoms with van der Waals surface area (Å²) in [4.78, 5) is 12.8. The fraction of sp³-hybridized carbons (Fsp3) is 0.562. The van der Waals surface area contributed by atoms with Crippen molar-refractivity contribution < 1.29 is 9.90 Å². The predicted octanol–water partition coefficient (Wildman–Crippen LogP) is 3.82. The van der Waals surface area contributed by atoms with Crippen LogP contribution in [0.4, 0.5) is 0 Å². The minimum absolute atomic E-state index is 0.160. The summed E-state index contributed by atoms with van der Waals surface area (Å²) in [6, 6.07) is 10.2. The summed E-state index contributed by atoms with van der Waals surface area (Å²) in [5.41, 5.74) is 0. The average molecular weight is 278 g/mol. The standard InChI is InChI=1S/C16H22O2S/c1-2-13(17)12-15(18)16(10-6-7-11-16)19-14-8-4-3-5-9-14/h3-5,8-9,15,18H,2,6-7,10-12H2,1H3/t15-/m1/s1. The molecule has 19 heavy (non-hydrogen) atoms. The van der Waals surface area contributed by atoms with E-state index in [1.54, 1.807) is 11.8 Å². The van der Waals surface area contributed by atoms with Gasteiger partial charge in [0.2, 0.25) is 0 Å². The third-order valence-electron chi connectivity index (χ3n) is 3.94. The van der Waals surface area contributed by atoms with Crippen LogP contribution in [0, 0.1) is 0 Å². The number of benzene rings is 1. The van der Waals surface area contributed by atoms with Crippen LogP contribution in [0.15, 0.2) is 35.2 Å². The van der Waals surface area contributed by atoms with E-state index >= 15 is 0 Å². The molecule has 0 heterocycles. The van der Waals surface area contributed by atoms with Gasteiger partial charge in [-0.05, 0) is 25.0 Å². The SMILES string of the molecule is CCC(=O)C[C@@H](O)C1(Sc2ccccc2)CCCC1. The second-order valence-corrected chi connectivity index (χ2v) is 6.79. The van der Waals surface area contributed by atoms with Crippen molar-refractivity contribution in [3.8, 4) is 0 Å². The highest BCUT2D eigenvalue weighted by Gasteiger charge is 2.42. The van der Waals surface area contributed by atoms with Gasteiger partial charge in [0.25, 0.3) is 0 Å². The van der Waals surface area contributed by atoms with Crippen molar-refractivity contribution in [1.29, 1.82) is 0 Å². The summed E-state index contributed by atoms with van der Waals surface area (Å²) in [7, 11) is 0. The summed E-state index contributed by atoms with van der Waals surface area (Å²) in [5, 5.41) is 10.5. The fourth-order valence-electron chi connectivity index (χ4n) is 2.75. The van der Waals surface area contributed by atoms with Crippen LogP contribution in [0.3, 0.4) is 0 Å². The maximum atomic E-state index is 11.6. The molecule has 1 atom stereocenters. The van der Waals surface area contributed by atoms with E-state index in [9.17, 15) is 9.90 Å². The maximum Gasteiger partial charge on any atom is 0.135 e. The first kappa shape index (κ1) is 14.6. The Labute approximate surface area is 119 Å². The van der Waals surface area contributed by atoms with Gasteiger partial charge < -0.3 is 5.11 Å². The zero-order valence-corrected chi connectivity index (χ0v) is 12.3. The summed E-state index contributed by atoms with van der Waals surface area (Å²) < 4.78 is -0.161. The highest BCUT2D eigenvalue weighted by Crippen LogP contribution is 2.48. The van der Waals surface area contributed by atoms with Crippen LogP contribution in [-0.2, 0) is 4.79 Å². The fourth-order valence-corrected chi connectivity index (χ4v) is 4.22. The zero-order chi connectivity index (χ0) is 13.7. The van der Waals surface area contributed by atoms with Crippen LogP contribution in [0.2, 0.25) is 0 Å². The minimum Gasteiger partial charge on any atom is -0.391 e. The first-order valence-corrected chi connectivity index (χ1v) is 7.92. The summed E-state index contributed by atoms with van der Waals surface area (Å²) in [5.74, 6) is 0.160. The van der Waals surface area contributed by atoms with Gasteiger partial charge in [-0.3, -0.25) is 4.79 Å². The van der Waals surface area contributed by atoms with Gasteiger partial charge in [-0.25, -0.2) is 0 Å². The van der Waals surface area contributed by atoms with Crippen LogP contribution in [0.1, 0.15) is 45.4 Å². The van der Waals surface area contributed by atoms with E-state index < -0.39 is 6.10 Å². The Hall–Kier alpha value is -0.800. The van der Waals surface area contributed by atoms with Crippen molar-refractivity contribution in [2.75, 3.05) is 0 Å². The number of aliphatic hydroxyl groups excluding tert-OH is 1. The van der Waals surface area contributed by atoms with E-state index in [1.807, 2.05) is 25.1 Å². The Balaban J connectivity index is 2.11. The van der Waals surface area contributed by atoms with E-state index in [-0.39, 0.29) is 10.5 Å². The number of ketones is 1. The highest BCUT2D eigenvalue weighted by atomic mass is 32.2. The molecule has 0 unspecified atom stereocenters. The quantitative estimate of drug-likeness (QED) is 0.859. The molecule has 0 spiro atoms. The van der Waals surface area contributed by atoms with Crippen molar-refractivity contribution in [1.82, 2.24) is 0 Å². The van der Waals surface area contributed by atoms with Gasteiger partial charge in [-0.1, -0.05) is 38.0 Å². The number of carbonyl (C=O) groups excluding carboxylic acids is 1. The molecular weight excluding hydrogens is 256 g/mol. The number of hydrogen-bond acceptors (Lipinski definition) is 3. The summed E-state index contributed by atoms with van der Waals surface area (Å²) >= 11 is 1.76. The monoisotopic (exact) mass is 278 g/mol. The Morgan fingerprint density at radius 3 is 2.53 bits per heavy atom. The van der Waals surface area contributed by atoms with E-state index in [2.05, 4.69) is 12.1 Å². The van der Waals surface area contributed by atoms with Crippen LogP contribution >= 0.6 is 11.8 Å². The Morgan fingerprint density at radius 2 is 1.95 bits per heavy atom. The van der Waals surface area contributed by atoms with Crippen molar-refractivity contribution in [2.45, 2.75) is 61.2 Å². The largest absolute Gasteiger partial charge is 0.391 e. The van der Waals surface area contributed by atoms with Crippen molar-refractivity contribution in [3.63, 3.8) is 0 Å². The smallest absolute Gasteiger partial charge is 0.135 e. The van der Waals surface area contributed by atoms with Crippen LogP contribution < -0.4 is 0 Å². The van der Waals surface area contributed by atoms with Gasteiger partial charge in [-0.15, -0.1) is 11.8 Å². The van der Waals surface area contributed by atoms with E-state index in [4.69, 9.17) is 0 Å². The number of thioether (sulfide) groups is 1. The van der Waals surface area contributed by atoms with Crippen LogP contribution in [0.5, 0.6) is 0 Å². The molecule has 104 valence electrons. The van der Waals surface area contributed by atoms with Crippen molar-refractivity contribution >= 4 is 17.5 Å². The van der Waals surface area contributed by atoms with Crippen molar-refractivity contribution in [2.24, 2.45) is 0 Å². The Morgan fingerprint density at radius 1 is 1.32 bits per heavy atom. The Bertz CT molecular complexity index is 410. The topological polar surface area (TPSA) is 37.3 Å². The molecule has 1 fully saturated rings. The third-order valence-corrected chi connectivity index (χ3v) is 5.53. The molecule has 0 bridgehead atoms. The van der Waals surface area contributed by atoms with Crippen molar-refractivity contribution in [3.05, 3.63) is 30.3 Å². The van der Waals surface area contributed by atoms with Gasteiger partial charge in [0.05, 0.1) is 6.10 Å². The number of aliphatic hydroxyl groups is 1. The molecule has 0 radical (unpaired) electrons. The molecular formula is C16H22O2S. The molecule has 0 amide bonds. The number of carbonyl (C=O) groups is 1. The Kier molecular flexibility index (Phi) is 5.06. The molecule has 0 saturated heterocycles. The van der Waals surface area contributed by atoms with Crippen LogP contribution in [-0.4, -0.2) is 21.7 Å². The first-order chi connectivity index (χ1) is 9.16. The lowest BCUT2D eigenvalue weighted by molar-refractivity contribution is -0.121. The number of Topliss-reactive ketones (excluding diaryl/α,β-unsaturated/α-hetero) is 1. The van der Waals surface area contributed by atoms with Gasteiger partial charge >= 0.3 is 0 Å². The van der Waals surface area contributed by atoms with Gasteiger partial charge in [-0.2, -0.15) is 0 Å². The lowest BCUT2D eigenvalue weighted by Crippen LogP contribution is -2.37. The average Bonchev–Trinajstić information content (AvgIpc) is 2.89. The summed E-state index contributed by atoms with van der Waals surface area (Å²) in [6.07, 6.45) is 4.61. The van der Waals surface area contributed by atoms with E-state index in [0.29, 0.717) is 12.8 Å². The maximum absolute atomic E-state index is 11.6. The van der Waals surface area contributed by atoms with Gasteiger partial charge in [0.1, 0.15) is 5.78 Å². The molecule has 2 nitrogen and oxygen atoms in total. The first-order valence-electron chi connectivity index (χ1n) is 7.10. The molecule has 1 N–H and O–H groups in total. The predicted molar refractivity (Wildman–Crippen MR) is 79.4 cm³/mol. The summed E-state index contributed by atoms with van der Waals surface area (Å²) in [6.45, 7) is 1.86. The minimum atomic E-state index is -0.521. The zero-order valence-electron chi connectivity index (χ0n) is 11.5. The van der Waals surface area contributed by atoms with E-state index in [0.717, 1.165) is 25.7 Å². The molecule has 2 rings (SSSR count). The lowest BCUT2D eigenvalue weighted by atomic mass is 9.95. The number of rotatable bonds is 6. The molecule has 3 heteroatoms. The van der Waals surface area contributed by atoms with Gasteiger partial charge in [0.15, 0.2) is 0 Å². The molecule has 1 aliphatic rings. The lowest BCUT2D eigenvalue weighted by Gasteiger charge is -2.33.